The van der Waals surface area contributed by atoms with Crippen LogP contribution in [0.25, 0.3) is 0 Å². The molecule has 1 aromatic heterocycles. The third kappa shape index (κ3) is 3.99. The largest absolute Gasteiger partial charge is 0.481 e. The van der Waals surface area contributed by atoms with E-state index in [1.54, 1.807) is 13.0 Å². The van der Waals surface area contributed by atoms with Gasteiger partial charge in [-0.2, -0.15) is 5.10 Å². The first-order valence-electron chi connectivity index (χ1n) is 8.34. The molecule has 2 amide bonds. The second kappa shape index (κ2) is 6.96. The van der Waals surface area contributed by atoms with Crippen molar-refractivity contribution < 1.29 is 14.3 Å². The highest BCUT2D eigenvalue weighted by atomic mass is 16.5. The van der Waals surface area contributed by atoms with E-state index < -0.39 is 17.9 Å². The van der Waals surface area contributed by atoms with E-state index in [9.17, 15) is 9.59 Å². The molecule has 1 aromatic carbocycles. The normalized spacial score (nSPS) is 14.7. The van der Waals surface area contributed by atoms with Gasteiger partial charge in [-0.05, 0) is 56.9 Å². The Morgan fingerprint density at radius 2 is 2.04 bits per heavy atom. The zero-order chi connectivity index (χ0) is 18.0. The van der Waals surface area contributed by atoms with E-state index in [1.807, 2.05) is 32.0 Å². The van der Waals surface area contributed by atoms with Gasteiger partial charge >= 0.3 is 0 Å². The molecule has 7 nitrogen and oxygen atoms in total. The lowest BCUT2D eigenvalue weighted by Gasteiger charge is -2.17. The van der Waals surface area contributed by atoms with Crippen LogP contribution >= 0.6 is 0 Å². The second-order valence-corrected chi connectivity index (χ2v) is 6.38. The summed E-state index contributed by atoms with van der Waals surface area (Å²) in [6.45, 7) is 5.54. The first kappa shape index (κ1) is 17.0. The summed E-state index contributed by atoms with van der Waals surface area (Å²) >= 11 is 0. The maximum Gasteiger partial charge on any atom is 0.290 e. The minimum atomic E-state index is -0.748. The van der Waals surface area contributed by atoms with Crippen LogP contribution in [0.1, 0.15) is 53.0 Å². The SMILES string of the molecule is Cc1cccc(OC(C)C(=O)NNC(=O)c2cc(C3CC3)[nH]n2)c1C. The number of aromatic amines is 1. The number of hydrogen-bond acceptors (Lipinski definition) is 4. The van der Waals surface area contributed by atoms with Crippen molar-refractivity contribution in [3.05, 3.63) is 46.8 Å². The summed E-state index contributed by atoms with van der Waals surface area (Å²) in [5.41, 5.74) is 8.02. The first-order chi connectivity index (χ1) is 12.0. The van der Waals surface area contributed by atoms with Crippen LogP contribution in [-0.2, 0) is 4.79 Å². The molecule has 1 aliphatic carbocycles. The van der Waals surface area contributed by atoms with Crippen LogP contribution in [-0.4, -0.2) is 28.1 Å². The lowest BCUT2D eigenvalue weighted by molar-refractivity contribution is -0.128. The first-order valence-corrected chi connectivity index (χ1v) is 8.34. The number of amides is 2. The van der Waals surface area contributed by atoms with Crippen molar-refractivity contribution in [2.45, 2.75) is 45.6 Å². The fourth-order valence-corrected chi connectivity index (χ4v) is 2.44. The number of carbonyl (C=O) groups is 2. The van der Waals surface area contributed by atoms with Crippen LogP contribution in [0.3, 0.4) is 0 Å². The van der Waals surface area contributed by atoms with Gasteiger partial charge < -0.3 is 4.74 Å². The lowest BCUT2D eigenvalue weighted by Crippen LogP contribution is -2.47. The minimum Gasteiger partial charge on any atom is -0.481 e. The molecule has 0 bridgehead atoms. The average Bonchev–Trinajstić information content (AvgIpc) is 3.33. The Balaban J connectivity index is 1.52. The van der Waals surface area contributed by atoms with Gasteiger partial charge in [-0.3, -0.25) is 25.5 Å². The highest BCUT2D eigenvalue weighted by Gasteiger charge is 2.26. The molecule has 1 aliphatic rings. The van der Waals surface area contributed by atoms with Crippen molar-refractivity contribution in [3.63, 3.8) is 0 Å². The van der Waals surface area contributed by atoms with Crippen LogP contribution < -0.4 is 15.6 Å². The van der Waals surface area contributed by atoms with E-state index >= 15 is 0 Å². The number of nitrogens with one attached hydrogen (secondary N) is 3. The molecule has 1 heterocycles. The second-order valence-electron chi connectivity index (χ2n) is 6.38. The molecule has 25 heavy (non-hydrogen) atoms. The van der Waals surface area contributed by atoms with E-state index in [2.05, 4.69) is 21.0 Å². The number of ether oxygens (including phenoxy) is 1. The molecule has 3 N–H and O–H groups in total. The number of nitrogens with zero attached hydrogens (tertiary/aromatic N) is 1. The van der Waals surface area contributed by atoms with E-state index in [0.29, 0.717) is 11.7 Å². The quantitative estimate of drug-likeness (QED) is 0.725. The Bertz CT molecular complexity index is 795. The Kier molecular flexibility index (Phi) is 4.74. The summed E-state index contributed by atoms with van der Waals surface area (Å²) in [7, 11) is 0. The summed E-state index contributed by atoms with van der Waals surface area (Å²) in [6.07, 6.45) is 1.49. The number of rotatable bonds is 5. The summed E-state index contributed by atoms with van der Waals surface area (Å²) < 4.78 is 5.68. The Hall–Kier alpha value is -2.83. The molecule has 1 unspecified atom stereocenters. The smallest absolute Gasteiger partial charge is 0.290 e. The molecular weight excluding hydrogens is 320 g/mol. The van der Waals surface area contributed by atoms with Crippen molar-refractivity contribution in [3.8, 4) is 5.75 Å². The number of hydrazine groups is 1. The predicted octanol–water partition coefficient (Wildman–Crippen LogP) is 2.13. The van der Waals surface area contributed by atoms with E-state index in [-0.39, 0.29) is 5.69 Å². The van der Waals surface area contributed by atoms with E-state index in [1.165, 1.54) is 0 Å². The number of benzene rings is 1. The molecule has 3 rings (SSSR count). The Morgan fingerprint density at radius 3 is 2.76 bits per heavy atom. The topological polar surface area (TPSA) is 96.1 Å². The van der Waals surface area contributed by atoms with Crippen molar-refractivity contribution in [1.82, 2.24) is 21.0 Å². The standard InChI is InChI=1S/C18H22N4O3/c1-10-5-4-6-16(11(10)2)25-12(3)17(23)21-22-18(24)15-9-14(19-20-15)13-7-8-13/h4-6,9,12-13H,7-8H2,1-3H3,(H,19,20)(H,21,23)(H,22,24). The van der Waals surface area contributed by atoms with Crippen molar-refractivity contribution in [2.75, 3.05) is 0 Å². The van der Waals surface area contributed by atoms with Gasteiger partial charge in [-0.1, -0.05) is 12.1 Å². The Morgan fingerprint density at radius 1 is 1.28 bits per heavy atom. The molecule has 132 valence electrons. The van der Waals surface area contributed by atoms with Gasteiger partial charge in [0.1, 0.15) is 5.75 Å². The molecule has 1 fully saturated rings. The minimum absolute atomic E-state index is 0.255. The van der Waals surface area contributed by atoms with Crippen LogP contribution in [0.5, 0.6) is 5.75 Å². The maximum absolute atomic E-state index is 12.1. The van der Waals surface area contributed by atoms with Gasteiger partial charge in [0.25, 0.3) is 11.8 Å². The molecule has 0 aliphatic heterocycles. The zero-order valence-corrected chi connectivity index (χ0v) is 14.6. The molecular formula is C18H22N4O3. The van der Waals surface area contributed by atoms with Crippen molar-refractivity contribution >= 4 is 11.8 Å². The number of aryl methyl sites for hydroxylation is 1. The van der Waals surface area contributed by atoms with Gasteiger partial charge in [0, 0.05) is 11.6 Å². The zero-order valence-electron chi connectivity index (χ0n) is 14.6. The molecule has 0 saturated heterocycles. The van der Waals surface area contributed by atoms with E-state index in [4.69, 9.17) is 4.74 Å². The molecule has 7 heteroatoms. The number of H-pyrrole nitrogens is 1. The number of carbonyl (C=O) groups excluding carboxylic acids is 2. The summed E-state index contributed by atoms with van der Waals surface area (Å²) in [5, 5.41) is 6.82. The monoisotopic (exact) mass is 342 g/mol. The van der Waals surface area contributed by atoms with Gasteiger partial charge in [-0.25, -0.2) is 0 Å². The van der Waals surface area contributed by atoms with Gasteiger partial charge in [0.05, 0.1) is 0 Å². The third-order valence-electron chi connectivity index (χ3n) is 4.37. The molecule has 0 radical (unpaired) electrons. The van der Waals surface area contributed by atoms with Crippen molar-refractivity contribution in [2.24, 2.45) is 0 Å². The summed E-state index contributed by atoms with van der Waals surface area (Å²) in [4.78, 5) is 24.2. The summed E-state index contributed by atoms with van der Waals surface area (Å²) in [6, 6.07) is 7.38. The third-order valence-corrected chi connectivity index (χ3v) is 4.37. The van der Waals surface area contributed by atoms with Crippen LogP contribution in [0.4, 0.5) is 0 Å². The molecule has 2 aromatic rings. The van der Waals surface area contributed by atoms with Gasteiger partial charge in [0.2, 0.25) is 0 Å². The fourth-order valence-electron chi connectivity index (χ4n) is 2.44. The highest BCUT2D eigenvalue weighted by molar-refractivity contribution is 5.94. The number of hydrogen-bond donors (Lipinski definition) is 3. The van der Waals surface area contributed by atoms with Crippen molar-refractivity contribution in [1.29, 1.82) is 0 Å². The van der Waals surface area contributed by atoms with Gasteiger partial charge in [-0.15, -0.1) is 0 Å². The van der Waals surface area contributed by atoms with Crippen LogP contribution in [0.15, 0.2) is 24.3 Å². The summed E-state index contributed by atoms with van der Waals surface area (Å²) in [5.74, 6) is 0.229. The molecule has 0 spiro atoms. The molecule has 1 saturated carbocycles. The average molecular weight is 342 g/mol. The van der Waals surface area contributed by atoms with Crippen LogP contribution in [0.2, 0.25) is 0 Å². The molecule has 1 atom stereocenters. The predicted molar refractivity (Wildman–Crippen MR) is 92.2 cm³/mol. The van der Waals surface area contributed by atoms with Gasteiger partial charge in [0.15, 0.2) is 11.8 Å². The van der Waals surface area contributed by atoms with E-state index in [0.717, 1.165) is 29.7 Å². The lowest BCUT2D eigenvalue weighted by atomic mass is 10.1. The fraction of sp³-hybridized carbons (Fsp3) is 0.389. The highest BCUT2D eigenvalue weighted by Crippen LogP contribution is 2.38. The number of aromatic nitrogens is 2. The van der Waals surface area contributed by atoms with Crippen LogP contribution in [0, 0.1) is 13.8 Å². The maximum atomic E-state index is 12.1. The Labute approximate surface area is 146 Å².